The molecule has 0 aliphatic heterocycles. The average molecular weight is 238 g/mol. The molecule has 0 saturated heterocycles. The molecule has 0 radical (unpaired) electrons. The fourth-order valence-electron chi connectivity index (χ4n) is 2.03. The third kappa shape index (κ3) is 1.93. The van der Waals surface area contributed by atoms with Gasteiger partial charge in [0.15, 0.2) is 5.65 Å². The van der Waals surface area contributed by atoms with Crippen molar-refractivity contribution in [1.29, 1.82) is 0 Å². The maximum absolute atomic E-state index is 5.69. The van der Waals surface area contributed by atoms with Crippen molar-refractivity contribution in [3.8, 4) is 0 Å². The number of anilines is 1. The van der Waals surface area contributed by atoms with E-state index in [1.807, 2.05) is 18.2 Å². The molecule has 3 aromatic rings. The molecule has 0 saturated carbocycles. The average Bonchev–Trinajstić information content (AvgIpc) is 2.73. The maximum atomic E-state index is 5.69. The summed E-state index contributed by atoms with van der Waals surface area (Å²) in [6.45, 7) is 2.11. The van der Waals surface area contributed by atoms with Gasteiger partial charge in [0.2, 0.25) is 0 Å². The summed E-state index contributed by atoms with van der Waals surface area (Å²) in [6, 6.07) is 10.3. The quantitative estimate of drug-likeness (QED) is 0.744. The monoisotopic (exact) mass is 238 g/mol. The van der Waals surface area contributed by atoms with Crippen LogP contribution in [0.3, 0.4) is 0 Å². The van der Waals surface area contributed by atoms with E-state index in [2.05, 4.69) is 29.1 Å². The maximum Gasteiger partial charge on any atom is 0.155 e. The van der Waals surface area contributed by atoms with Crippen molar-refractivity contribution in [2.45, 2.75) is 13.3 Å². The summed E-state index contributed by atoms with van der Waals surface area (Å²) >= 11 is 0. The molecule has 0 aliphatic rings. The molecule has 2 heterocycles. The van der Waals surface area contributed by atoms with Gasteiger partial charge in [0.05, 0.1) is 23.8 Å². The smallest absolute Gasteiger partial charge is 0.155 e. The summed E-state index contributed by atoms with van der Waals surface area (Å²) in [5.41, 5.74) is 10.7. The van der Waals surface area contributed by atoms with Crippen LogP contribution in [0.25, 0.3) is 5.65 Å². The number of hydrogen-bond donors (Lipinski definition) is 1. The highest BCUT2D eigenvalue weighted by Crippen LogP contribution is 2.14. The van der Waals surface area contributed by atoms with Crippen molar-refractivity contribution >= 4 is 11.3 Å². The van der Waals surface area contributed by atoms with Crippen LogP contribution in [-0.4, -0.2) is 14.6 Å². The molecule has 2 aromatic heterocycles. The Bertz CT molecular complexity index is 700. The van der Waals surface area contributed by atoms with Crippen molar-refractivity contribution < 1.29 is 0 Å². The Morgan fingerprint density at radius 1 is 1.28 bits per heavy atom. The van der Waals surface area contributed by atoms with Crippen LogP contribution in [-0.2, 0) is 6.42 Å². The first-order chi connectivity index (χ1) is 8.72. The SMILES string of the molecule is Cc1ccccc1Cc1cc2ncc(N)cn2n1. The molecule has 18 heavy (non-hydrogen) atoms. The minimum atomic E-state index is 0.619. The van der Waals surface area contributed by atoms with E-state index in [-0.39, 0.29) is 0 Å². The summed E-state index contributed by atoms with van der Waals surface area (Å²) < 4.78 is 1.73. The standard InChI is InChI=1S/C14H14N4/c1-10-4-2-3-5-11(10)6-13-7-14-16-8-12(15)9-18(14)17-13/h2-5,7-9H,6,15H2,1H3. The topological polar surface area (TPSA) is 56.2 Å². The van der Waals surface area contributed by atoms with Crippen molar-refractivity contribution in [2.24, 2.45) is 0 Å². The summed E-state index contributed by atoms with van der Waals surface area (Å²) in [4.78, 5) is 4.24. The molecular weight excluding hydrogens is 224 g/mol. The lowest BCUT2D eigenvalue weighted by atomic mass is 10.0. The molecule has 90 valence electrons. The lowest BCUT2D eigenvalue weighted by molar-refractivity contribution is 0.897. The number of benzene rings is 1. The van der Waals surface area contributed by atoms with Crippen molar-refractivity contribution in [3.63, 3.8) is 0 Å². The second kappa shape index (κ2) is 4.14. The summed E-state index contributed by atoms with van der Waals surface area (Å²) in [7, 11) is 0. The van der Waals surface area contributed by atoms with Crippen LogP contribution in [0.5, 0.6) is 0 Å². The number of aromatic nitrogens is 3. The van der Waals surface area contributed by atoms with Gasteiger partial charge in [-0.1, -0.05) is 24.3 Å². The Hall–Kier alpha value is -2.36. The highest BCUT2D eigenvalue weighted by atomic mass is 15.2. The van der Waals surface area contributed by atoms with Gasteiger partial charge >= 0.3 is 0 Å². The van der Waals surface area contributed by atoms with Crippen LogP contribution in [0.1, 0.15) is 16.8 Å². The Balaban J connectivity index is 1.98. The molecule has 0 spiro atoms. The van der Waals surface area contributed by atoms with Crippen LogP contribution < -0.4 is 5.73 Å². The zero-order valence-corrected chi connectivity index (χ0v) is 10.2. The third-order valence-electron chi connectivity index (χ3n) is 3.02. The Morgan fingerprint density at radius 2 is 2.11 bits per heavy atom. The minimum absolute atomic E-state index is 0.619. The second-order valence-electron chi connectivity index (χ2n) is 4.43. The third-order valence-corrected chi connectivity index (χ3v) is 3.02. The summed E-state index contributed by atoms with van der Waals surface area (Å²) in [5.74, 6) is 0. The number of hydrogen-bond acceptors (Lipinski definition) is 3. The normalized spacial score (nSPS) is 10.9. The van der Waals surface area contributed by atoms with Gasteiger partial charge in [-0.15, -0.1) is 0 Å². The predicted octanol–water partition coefficient (Wildman–Crippen LogP) is 2.21. The summed E-state index contributed by atoms with van der Waals surface area (Å²) in [5, 5.41) is 4.48. The fourth-order valence-corrected chi connectivity index (χ4v) is 2.03. The van der Waals surface area contributed by atoms with Gasteiger partial charge in [-0.2, -0.15) is 5.10 Å². The van der Waals surface area contributed by atoms with E-state index in [0.717, 1.165) is 17.8 Å². The van der Waals surface area contributed by atoms with E-state index in [9.17, 15) is 0 Å². The van der Waals surface area contributed by atoms with E-state index in [0.29, 0.717) is 5.69 Å². The van der Waals surface area contributed by atoms with Crippen LogP contribution in [0, 0.1) is 6.92 Å². The number of nitrogen functional groups attached to an aromatic ring is 1. The van der Waals surface area contributed by atoms with Gasteiger partial charge in [-0.05, 0) is 18.1 Å². The Labute approximate surface area is 105 Å². The Morgan fingerprint density at radius 3 is 2.94 bits per heavy atom. The molecule has 0 amide bonds. The highest BCUT2D eigenvalue weighted by molar-refractivity contribution is 5.45. The van der Waals surface area contributed by atoms with Gasteiger partial charge in [0.1, 0.15) is 0 Å². The molecule has 0 fully saturated rings. The van der Waals surface area contributed by atoms with Gasteiger partial charge in [0.25, 0.3) is 0 Å². The molecule has 3 rings (SSSR count). The molecule has 4 heteroatoms. The Kier molecular flexibility index (Phi) is 2.48. The lowest BCUT2D eigenvalue weighted by Crippen LogP contribution is -1.95. The van der Waals surface area contributed by atoms with E-state index in [4.69, 9.17) is 5.73 Å². The number of rotatable bonds is 2. The molecule has 0 bridgehead atoms. The molecule has 0 aliphatic carbocycles. The molecule has 2 N–H and O–H groups in total. The zero-order chi connectivity index (χ0) is 12.5. The number of fused-ring (bicyclic) bond motifs is 1. The molecule has 0 atom stereocenters. The minimum Gasteiger partial charge on any atom is -0.396 e. The van der Waals surface area contributed by atoms with E-state index in [1.165, 1.54) is 11.1 Å². The fraction of sp³-hybridized carbons (Fsp3) is 0.143. The summed E-state index contributed by atoms with van der Waals surface area (Å²) in [6.07, 6.45) is 4.24. The second-order valence-corrected chi connectivity index (χ2v) is 4.43. The van der Waals surface area contributed by atoms with E-state index < -0.39 is 0 Å². The molecule has 0 unspecified atom stereocenters. The highest BCUT2D eigenvalue weighted by Gasteiger charge is 2.05. The number of aryl methyl sites for hydroxylation is 1. The van der Waals surface area contributed by atoms with Gasteiger partial charge < -0.3 is 5.73 Å². The van der Waals surface area contributed by atoms with Crippen LogP contribution in [0.2, 0.25) is 0 Å². The van der Waals surface area contributed by atoms with Crippen molar-refractivity contribution in [2.75, 3.05) is 5.73 Å². The first kappa shape index (κ1) is 10.8. The lowest BCUT2D eigenvalue weighted by Gasteiger charge is -2.01. The van der Waals surface area contributed by atoms with E-state index in [1.54, 1.807) is 16.9 Å². The van der Waals surface area contributed by atoms with Crippen molar-refractivity contribution in [1.82, 2.24) is 14.6 Å². The van der Waals surface area contributed by atoms with Crippen LogP contribution in [0.4, 0.5) is 5.69 Å². The first-order valence-electron chi connectivity index (χ1n) is 5.87. The number of nitrogens with two attached hydrogens (primary N) is 1. The number of nitrogens with zero attached hydrogens (tertiary/aromatic N) is 3. The zero-order valence-electron chi connectivity index (χ0n) is 10.2. The molecule has 4 nitrogen and oxygen atoms in total. The van der Waals surface area contributed by atoms with Gasteiger partial charge in [0, 0.05) is 12.5 Å². The van der Waals surface area contributed by atoms with Crippen molar-refractivity contribution in [3.05, 3.63) is 59.5 Å². The predicted molar refractivity (Wildman–Crippen MR) is 71.4 cm³/mol. The molecule has 1 aromatic carbocycles. The van der Waals surface area contributed by atoms with Crippen LogP contribution >= 0.6 is 0 Å². The van der Waals surface area contributed by atoms with Crippen LogP contribution in [0.15, 0.2) is 42.7 Å². The van der Waals surface area contributed by atoms with E-state index >= 15 is 0 Å². The first-order valence-corrected chi connectivity index (χ1v) is 5.87. The van der Waals surface area contributed by atoms with Gasteiger partial charge in [-0.3, -0.25) is 0 Å². The van der Waals surface area contributed by atoms with Gasteiger partial charge in [-0.25, -0.2) is 9.50 Å². The largest absolute Gasteiger partial charge is 0.396 e. The molecular formula is C14H14N4.